The summed E-state index contributed by atoms with van der Waals surface area (Å²) in [7, 11) is 0. The van der Waals surface area contributed by atoms with Crippen LogP contribution in [0.2, 0.25) is 10.0 Å². The van der Waals surface area contributed by atoms with Gasteiger partial charge >= 0.3 is 5.97 Å². The largest absolute Gasteiger partial charge is 0.454 e. The normalized spacial score (nSPS) is 10.8. The Hall–Kier alpha value is -2.38. The van der Waals surface area contributed by atoms with E-state index in [1.807, 2.05) is 0 Å². The summed E-state index contributed by atoms with van der Waals surface area (Å²) in [5.74, 6) is -0.510. The van der Waals surface area contributed by atoms with Gasteiger partial charge in [0.15, 0.2) is 12.4 Å². The molecule has 0 saturated heterocycles. The van der Waals surface area contributed by atoms with Crippen LogP contribution < -0.4 is 11.5 Å². The van der Waals surface area contributed by atoms with Crippen LogP contribution in [0.15, 0.2) is 24.3 Å². The minimum absolute atomic E-state index is 0.0398. The Kier molecular flexibility index (Phi) is 5.13. The van der Waals surface area contributed by atoms with Gasteiger partial charge in [0.2, 0.25) is 11.9 Å². The van der Waals surface area contributed by atoms with E-state index in [2.05, 4.69) is 15.0 Å². The van der Waals surface area contributed by atoms with Crippen LogP contribution in [0.3, 0.4) is 0 Å². The lowest BCUT2D eigenvalue weighted by molar-refractivity contribution is -0.139. The highest BCUT2D eigenvalue weighted by atomic mass is 35.5. The number of rotatable bonds is 4. The average molecular weight is 340 g/mol. The van der Waals surface area contributed by atoms with Gasteiger partial charge in [-0.2, -0.15) is 15.0 Å². The van der Waals surface area contributed by atoms with Crippen LogP contribution in [-0.2, 0) is 16.1 Å². The second kappa shape index (κ2) is 7.06. The van der Waals surface area contributed by atoms with Crippen LogP contribution in [0.5, 0.6) is 0 Å². The Morgan fingerprint density at radius 2 is 1.86 bits per heavy atom. The first-order valence-electron chi connectivity index (χ1n) is 6.00. The van der Waals surface area contributed by atoms with Crippen molar-refractivity contribution in [3.05, 3.63) is 45.7 Å². The molecule has 2 aromatic rings. The SMILES string of the molecule is Nc1nc(N)nc(COC(=O)/C=C/c2ccc(Cl)cc2Cl)n1. The second-order valence-corrected chi connectivity index (χ2v) is 4.92. The summed E-state index contributed by atoms with van der Waals surface area (Å²) in [5, 5.41) is 0.935. The monoisotopic (exact) mass is 339 g/mol. The lowest BCUT2D eigenvalue weighted by Gasteiger charge is -2.03. The second-order valence-electron chi connectivity index (χ2n) is 4.07. The van der Waals surface area contributed by atoms with Crippen LogP contribution in [0.25, 0.3) is 6.08 Å². The fraction of sp³-hybridized carbons (Fsp3) is 0.0769. The van der Waals surface area contributed by atoms with E-state index in [1.54, 1.807) is 18.2 Å². The highest BCUT2D eigenvalue weighted by Gasteiger charge is 2.05. The number of ether oxygens (including phenoxy) is 1. The number of carbonyl (C=O) groups is 1. The Labute approximate surface area is 135 Å². The molecule has 0 spiro atoms. The number of aromatic nitrogens is 3. The Balaban J connectivity index is 1.96. The number of hydrogen-bond acceptors (Lipinski definition) is 7. The fourth-order valence-corrected chi connectivity index (χ4v) is 1.97. The van der Waals surface area contributed by atoms with Crippen molar-refractivity contribution in [2.24, 2.45) is 0 Å². The van der Waals surface area contributed by atoms with Crippen molar-refractivity contribution in [3.8, 4) is 0 Å². The molecule has 1 aromatic heterocycles. The van der Waals surface area contributed by atoms with Crippen molar-refractivity contribution in [1.29, 1.82) is 0 Å². The Bertz CT molecular complexity index is 716. The summed E-state index contributed by atoms with van der Waals surface area (Å²) in [5.41, 5.74) is 11.5. The van der Waals surface area contributed by atoms with Gasteiger partial charge in [0.05, 0.1) is 0 Å². The maximum Gasteiger partial charge on any atom is 0.331 e. The molecule has 0 radical (unpaired) electrons. The summed E-state index contributed by atoms with van der Waals surface area (Å²) >= 11 is 11.8. The average Bonchev–Trinajstić information content (AvgIpc) is 2.43. The predicted octanol–water partition coefficient (Wildman–Crippen LogP) is 2.10. The number of carbonyl (C=O) groups excluding carboxylic acids is 1. The summed E-state index contributed by atoms with van der Waals surface area (Å²) in [6, 6.07) is 4.92. The van der Waals surface area contributed by atoms with E-state index >= 15 is 0 Å². The molecule has 0 aliphatic heterocycles. The zero-order valence-electron chi connectivity index (χ0n) is 11.2. The standard InChI is InChI=1S/C13H11Cl2N5O2/c14-8-3-1-7(9(15)5-8)2-4-11(21)22-6-10-18-12(16)20-13(17)19-10/h1-5H,6H2,(H4,16,17,18,19,20)/b4-2+. The molecule has 1 heterocycles. The van der Waals surface area contributed by atoms with Crippen molar-refractivity contribution in [2.45, 2.75) is 6.61 Å². The van der Waals surface area contributed by atoms with Crippen LogP contribution >= 0.6 is 23.2 Å². The highest BCUT2D eigenvalue weighted by molar-refractivity contribution is 6.35. The van der Waals surface area contributed by atoms with E-state index in [9.17, 15) is 4.79 Å². The number of nitrogen functional groups attached to an aromatic ring is 2. The molecule has 4 N–H and O–H groups in total. The molecule has 0 aliphatic carbocycles. The summed E-state index contributed by atoms with van der Waals surface area (Å²) in [4.78, 5) is 22.8. The molecule has 0 unspecified atom stereocenters. The molecule has 0 fully saturated rings. The van der Waals surface area contributed by atoms with E-state index in [0.717, 1.165) is 0 Å². The van der Waals surface area contributed by atoms with Crippen molar-refractivity contribution in [2.75, 3.05) is 11.5 Å². The number of halogens is 2. The number of anilines is 2. The third-order valence-corrected chi connectivity index (χ3v) is 2.98. The first-order chi connectivity index (χ1) is 10.4. The van der Waals surface area contributed by atoms with Crippen LogP contribution in [0.1, 0.15) is 11.4 Å². The molecule has 0 saturated carbocycles. The third-order valence-electron chi connectivity index (χ3n) is 2.42. The van der Waals surface area contributed by atoms with Crippen molar-refractivity contribution < 1.29 is 9.53 Å². The molecule has 0 atom stereocenters. The fourth-order valence-electron chi connectivity index (χ4n) is 1.50. The summed E-state index contributed by atoms with van der Waals surface area (Å²) in [6.45, 7) is -0.172. The quantitative estimate of drug-likeness (QED) is 0.646. The zero-order valence-corrected chi connectivity index (χ0v) is 12.7. The maximum atomic E-state index is 11.6. The summed E-state index contributed by atoms with van der Waals surface area (Å²) < 4.78 is 4.96. The highest BCUT2D eigenvalue weighted by Crippen LogP contribution is 2.21. The van der Waals surface area contributed by atoms with E-state index in [4.69, 9.17) is 39.4 Å². The molecule has 114 valence electrons. The summed E-state index contributed by atoms with van der Waals surface area (Å²) in [6.07, 6.45) is 2.74. The molecule has 7 nitrogen and oxygen atoms in total. The zero-order chi connectivity index (χ0) is 16.1. The van der Waals surface area contributed by atoms with Gasteiger partial charge in [-0.1, -0.05) is 29.3 Å². The smallest absolute Gasteiger partial charge is 0.331 e. The predicted molar refractivity (Wildman–Crippen MR) is 83.9 cm³/mol. The first kappa shape index (κ1) is 16.0. The van der Waals surface area contributed by atoms with Crippen LogP contribution in [-0.4, -0.2) is 20.9 Å². The maximum absolute atomic E-state index is 11.6. The van der Waals surface area contributed by atoms with Crippen molar-refractivity contribution >= 4 is 47.1 Å². The Morgan fingerprint density at radius 1 is 1.18 bits per heavy atom. The molecular weight excluding hydrogens is 329 g/mol. The van der Waals surface area contributed by atoms with E-state index in [0.29, 0.717) is 15.6 Å². The number of nitrogens with zero attached hydrogens (tertiary/aromatic N) is 3. The molecule has 2 rings (SSSR count). The van der Waals surface area contributed by atoms with E-state index < -0.39 is 5.97 Å². The van der Waals surface area contributed by atoms with Gasteiger partial charge in [-0.05, 0) is 23.8 Å². The minimum Gasteiger partial charge on any atom is -0.454 e. The number of nitrogens with two attached hydrogens (primary N) is 2. The van der Waals surface area contributed by atoms with Gasteiger partial charge < -0.3 is 16.2 Å². The molecule has 0 amide bonds. The molecule has 1 aromatic carbocycles. The Morgan fingerprint density at radius 3 is 2.50 bits per heavy atom. The number of hydrogen-bond donors (Lipinski definition) is 2. The first-order valence-corrected chi connectivity index (χ1v) is 6.75. The molecule has 9 heteroatoms. The lowest BCUT2D eigenvalue weighted by Crippen LogP contribution is -2.09. The molecular formula is C13H11Cl2N5O2. The van der Waals surface area contributed by atoms with E-state index in [-0.39, 0.29) is 24.3 Å². The van der Waals surface area contributed by atoms with Crippen molar-refractivity contribution in [1.82, 2.24) is 15.0 Å². The molecule has 22 heavy (non-hydrogen) atoms. The van der Waals surface area contributed by atoms with Gasteiger partial charge in [-0.15, -0.1) is 0 Å². The lowest BCUT2D eigenvalue weighted by atomic mass is 10.2. The third kappa shape index (κ3) is 4.57. The van der Waals surface area contributed by atoms with Crippen molar-refractivity contribution in [3.63, 3.8) is 0 Å². The van der Waals surface area contributed by atoms with Gasteiger partial charge in [-0.25, -0.2) is 4.79 Å². The number of esters is 1. The van der Waals surface area contributed by atoms with Crippen LogP contribution in [0.4, 0.5) is 11.9 Å². The van der Waals surface area contributed by atoms with Gasteiger partial charge in [0, 0.05) is 16.1 Å². The minimum atomic E-state index is -0.594. The topological polar surface area (TPSA) is 117 Å². The van der Waals surface area contributed by atoms with Crippen LogP contribution in [0, 0.1) is 0 Å². The van der Waals surface area contributed by atoms with Gasteiger partial charge in [0.1, 0.15) is 0 Å². The molecule has 0 bridgehead atoms. The van der Waals surface area contributed by atoms with E-state index in [1.165, 1.54) is 12.2 Å². The number of benzene rings is 1. The molecule has 0 aliphatic rings. The van der Waals surface area contributed by atoms with Gasteiger partial charge in [-0.3, -0.25) is 0 Å². The van der Waals surface area contributed by atoms with Gasteiger partial charge in [0.25, 0.3) is 0 Å².